The van der Waals surface area contributed by atoms with E-state index >= 15 is 0 Å². The Kier molecular flexibility index (Phi) is 5.83. The lowest BCUT2D eigenvalue weighted by molar-refractivity contribution is -0.153. The standard InChI is InChI=1S/C20H31NO2/c1-19(2,3)18(22)23-15-17(16-8-12-21-13-9-16)14-20(4)10-6-5-7-11-20/h8-9,12-13,17H,5-7,10-11,14-15H2,1-4H3. The Morgan fingerprint density at radius 3 is 2.39 bits per heavy atom. The summed E-state index contributed by atoms with van der Waals surface area (Å²) in [5.74, 6) is 0.137. The zero-order valence-corrected chi connectivity index (χ0v) is 15.1. The summed E-state index contributed by atoms with van der Waals surface area (Å²) in [7, 11) is 0. The highest BCUT2D eigenvalue weighted by molar-refractivity contribution is 5.75. The monoisotopic (exact) mass is 317 g/mol. The normalized spacial score (nSPS) is 19.1. The van der Waals surface area contributed by atoms with Gasteiger partial charge in [0.1, 0.15) is 0 Å². The van der Waals surface area contributed by atoms with E-state index in [1.165, 1.54) is 37.7 Å². The molecule has 128 valence electrons. The Hall–Kier alpha value is -1.38. The number of ether oxygens (including phenoxy) is 1. The van der Waals surface area contributed by atoms with Gasteiger partial charge in [-0.05, 0) is 63.1 Å². The fraction of sp³-hybridized carbons (Fsp3) is 0.700. The maximum Gasteiger partial charge on any atom is 0.311 e. The fourth-order valence-corrected chi connectivity index (χ4v) is 3.51. The predicted molar refractivity (Wildman–Crippen MR) is 93.2 cm³/mol. The van der Waals surface area contributed by atoms with Crippen molar-refractivity contribution < 1.29 is 9.53 Å². The van der Waals surface area contributed by atoms with E-state index < -0.39 is 5.41 Å². The van der Waals surface area contributed by atoms with Crippen LogP contribution in [0.25, 0.3) is 0 Å². The van der Waals surface area contributed by atoms with Crippen molar-refractivity contribution in [3.8, 4) is 0 Å². The number of esters is 1. The van der Waals surface area contributed by atoms with Crippen LogP contribution in [0.5, 0.6) is 0 Å². The van der Waals surface area contributed by atoms with Crippen LogP contribution in [-0.2, 0) is 9.53 Å². The molecule has 1 unspecified atom stereocenters. The Balaban J connectivity index is 2.08. The van der Waals surface area contributed by atoms with Crippen molar-refractivity contribution in [1.82, 2.24) is 4.98 Å². The summed E-state index contributed by atoms with van der Waals surface area (Å²) in [6.07, 6.45) is 11.3. The highest BCUT2D eigenvalue weighted by atomic mass is 16.5. The van der Waals surface area contributed by atoms with Gasteiger partial charge in [0, 0.05) is 18.3 Å². The number of carbonyl (C=O) groups is 1. The number of rotatable bonds is 5. The summed E-state index contributed by atoms with van der Waals surface area (Å²) < 4.78 is 5.65. The molecule has 1 atom stereocenters. The highest BCUT2D eigenvalue weighted by Crippen LogP contribution is 2.43. The molecule has 3 heteroatoms. The van der Waals surface area contributed by atoms with Gasteiger partial charge in [0.2, 0.25) is 0 Å². The lowest BCUT2D eigenvalue weighted by Gasteiger charge is -2.37. The predicted octanol–water partition coefficient (Wildman–Crippen LogP) is 5.12. The molecule has 1 aliphatic carbocycles. The summed E-state index contributed by atoms with van der Waals surface area (Å²) in [5, 5.41) is 0. The average molecular weight is 317 g/mol. The third kappa shape index (κ3) is 5.33. The molecule has 2 rings (SSSR count). The highest BCUT2D eigenvalue weighted by Gasteiger charge is 2.32. The molecule has 0 bridgehead atoms. The number of nitrogens with zero attached hydrogens (tertiary/aromatic N) is 1. The van der Waals surface area contributed by atoms with Crippen LogP contribution >= 0.6 is 0 Å². The van der Waals surface area contributed by atoms with Crippen LogP contribution in [0.4, 0.5) is 0 Å². The molecule has 3 nitrogen and oxygen atoms in total. The molecule has 0 aromatic carbocycles. The van der Waals surface area contributed by atoms with Gasteiger partial charge in [-0.15, -0.1) is 0 Å². The molecular weight excluding hydrogens is 286 g/mol. The zero-order chi connectivity index (χ0) is 16.9. The minimum Gasteiger partial charge on any atom is -0.465 e. The molecule has 0 radical (unpaired) electrons. The van der Waals surface area contributed by atoms with Crippen molar-refractivity contribution in [2.75, 3.05) is 6.61 Å². The lowest BCUT2D eigenvalue weighted by atomic mass is 9.69. The van der Waals surface area contributed by atoms with Gasteiger partial charge in [-0.3, -0.25) is 9.78 Å². The van der Waals surface area contributed by atoms with E-state index in [1.54, 1.807) is 0 Å². The minimum atomic E-state index is -0.447. The van der Waals surface area contributed by atoms with Gasteiger partial charge in [0.15, 0.2) is 0 Å². The first-order chi connectivity index (χ1) is 10.8. The largest absolute Gasteiger partial charge is 0.465 e. The Morgan fingerprint density at radius 2 is 1.83 bits per heavy atom. The van der Waals surface area contributed by atoms with E-state index in [0.717, 1.165) is 6.42 Å². The molecule has 0 amide bonds. The second kappa shape index (κ2) is 7.46. The smallest absolute Gasteiger partial charge is 0.311 e. The molecule has 1 aliphatic rings. The first kappa shape index (κ1) is 18.0. The molecule has 1 saturated carbocycles. The Morgan fingerprint density at radius 1 is 1.22 bits per heavy atom. The van der Waals surface area contributed by atoms with Gasteiger partial charge in [0.25, 0.3) is 0 Å². The Bertz CT molecular complexity index is 498. The summed E-state index contributed by atoms with van der Waals surface area (Å²) in [4.78, 5) is 16.3. The minimum absolute atomic E-state index is 0.120. The average Bonchev–Trinajstić information content (AvgIpc) is 2.51. The van der Waals surface area contributed by atoms with Crippen LogP contribution in [0.2, 0.25) is 0 Å². The maximum atomic E-state index is 12.1. The van der Waals surface area contributed by atoms with Crippen molar-refractivity contribution >= 4 is 5.97 Å². The van der Waals surface area contributed by atoms with Crippen LogP contribution < -0.4 is 0 Å². The lowest BCUT2D eigenvalue weighted by Crippen LogP contribution is -2.28. The third-order valence-electron chi connectivity index (χ3n) is 5.01. The van der Waals surface area contributed by atoms with E-state index in [1.807, 2.05) is 33.2 Å². The number of hydrogen-bond acceptors (Lipinski definition) is 3. The summed E-state index contributed by atoms with van der Waals surface area (Å²) in [6, 6.07) is 4.11. The number of pyridine rings is 1. The molecule has 1 aromatic heterocycles. The molecule has 0 aliphatic heterocycles. The zero-order valence-electron chi connectivity index (χ0n) is 15.1. The van der Waals surface area contributed by atoms with Gasteiger partial charge >= 0.3 is 5.97 Å². The van der Waals surface area contributed by atoms with E-state index in [9.17, 15) is 4.79 Å². The summed E-state index contributed by atoms with van der Waals surface area (Å²) in [6.45, 7) is 8.57. The number of carbonyl (C=O) groups excluding carboxylic acids is 1. The van der Waals surface area contributed by atoms with Crippen LogP contribution in [0.1, 0.15) is 77.7 Å². The van der Waals surface area contributed by atoms with E-state index in [4.69, 9.17) is 4.74 Å². The first-order valence-corrected chi connectivity index (χ1v) is 8.87. The molecule has 0 saturated heterocycles. The molecule has 0 spiro atoms. The second-order valence-corrected chi connectivity index (χ2v) is 8.40. The van der Waals surface area contributed by atoms with Crippen molar-refractivity contribution in [3.05, 3.63) is 30.1 Å². The van der Waals surface area contributed by atoms with Crippen LogP contribution in [-0.4, -0.2) is 17.6 Å². The van der Waals surface area contributed by atoms with Gasteiger partial charge in [-0.2, -0.15) is 0 Å². The van der Waals surface area contributed by atoms with E-state index in [2.05, 4.69) is 24.0 Å². The second-order valence-electron chi connectivity index (χ2n) is 8.40. The van der Waals surface area contributed by atoms with Crippen molar-refractivity contribution in [2.45, 2.75) is 72.1 Å². The van der Waals surface area contributed by atoms with Crippen LogP contribution in [0, 0.1) is 10.8 Å². The van der Waals surface area contributed by atoms with E-state index in [0.29, 0.717) is 12.0 Å². The van der Waals surface area contributed by atoms with Crippen molar-refractivity contribution in [3.63, 3.8) is 0 Å². The van der Waals surface area contributed by atoms with E-state index in [-0.39, 0.29) is 11.9 Å². The van der Waals surface area contributed by atoms with Gasteiger partial charge in [-0.1, -0.05) is 26.2 Å². The molecule has 1 aromatic rings. The number of hydrogen-bond donors (Lipinski definition) is 0. The van der Waals surface area contributed by atoms with Gasteiger partial charge in [-0.25, -0.2) is 0 Å². The van der Waals surface area contributed by atoms with Crippen LogP contribution in [0.3, 0.4) is 0 Å². The fourth-order valence-electron chi connectivity index (χ4n) is 3.51. The number of aromatic nitrogens is 1. The van der Waals surface area contributed by atoms with Crippen molar-refractivity contribution in [1.29, 1.82) is 0 Å². The Labute approximate surface area is 140 Å². The van der Waals surface area contributed by atoms with Crippen molar-refractivity contribution in [2.24, 2.45) is 10.8 Å². The quantitative estimate of drug-likeness (QED) is 0.708. The first-order valence-electron chi connectivity index (χ1n) is 8.87. The van der Waals surface area contributed by atoms with Crippen LogP contribution in [0.15, 0.2) is 24.5 Å². The summed E-state index contributed by atoms with van der Waals surface area (Å²) >= 11 is 0. The molecule has 1 fully saturated rings. The van der Waals surface area contributed by atoms with Gasteiger partial charge < -0.3 is 4.74 Å². The molecular formula is C20H31NO2. The van der Waals surface area contributed by atoms with Gasteiger partial charge in [0.05, 0.1) is 12.0 Å². The topological polar surface area (TPSA) is 39.2 Å². The molecule has 1 heterocycles. The molecule has 23 heavy (non-hydrogen) atoms. The molecule has 0 N–H and O–H groups in total. The summed E-state index contributed by atoms with van der Waals surface area (Å²) in [5.41, 5.74) is 1.14. The maximum absolute atomic E-state index is 12.1. The third-order valence-corrected chi connectivity index (χ3v) is 5.01. The SMILES string of the molecule is CC1(CC(COC(=O)C(C)(C)C)c2ccncc2)CCCCC1.